The molecule has 2 heterocycles. The Labute approximate surface area is 166 Å². The zero-order chi connectivity index (χ0) is 20.7. The lowest BCUT2D eigenvalue weighted by Crippen LogP contribution is -2.48. The number of hydrogen-bond acceptors (Lipinski definition) is 5. The van der Waals surface area contributed by atoms with Crippen LogP contribution in [-0.4, -0.2) is 22.2 Å². The van der Waals surface area contributed by atoms with Crippen LogP contribution in [0.1, 0.15) is 22.1 Å². The first kappa shape index (κ1) is 18.5. The fraction of sp³-hybridized carbons (Fsp3) is 0.190. The number of aromatic nitrogens is 2. The van der Waals surface area contributed by atoms with E-state index in [2.05, 4.69) is 5.32 Å². The van der Waals surface area contributed by atoms with Crippen LogP contribution >= 0.6 is 0 Å². The molecule has 0 spiro atoms. The van der Waals surface area contributed by atoms with Crippen molar-refractivity contribution >= 4 is 17.3 Å². The van der Waals surface area contributed by atoms with E-state index in [4.69, 9.17) is 4.74 Å². The van der Waals surface area contributed by atoms with Crippen molar-refractivity contribution in [2.45, 2.75) is 6.17 Å². The number of fused-ring (bicyclic) bond motifs is 1. The maximum Gasteiger partial charge on any atom is 0.330 e. The maximum absolute atomic E-state index is 13.4. The minimum Gasteiger partial charge on any atom is -0.497 e. The van der Waals surface area contributed by atoms with E-state index in [1.54, 1.807) is 56.6 Å². The van der Waals surface area contributed by atoms with Crippen LogP contribution in [-0.2, 0) is 14.1 Å². The molecule has 1 N–H and O–H groups in total. The Hall–Kier alpha value is -3.81. The molecule has 0 saturated heterocycles. The lowest BCUT2D eigenvalue weighted by molar-refractivity contribution is 0.0974. The van der Waals surface area contributed by atoms with Gasteiger partial charge in [0, 0.05) is 32.0 Å². The van der Waals surface area contributed by atoms with Crippen molar-refractivity contribution in [3.8, 4) is 5.75 Å². The fourth-order valence-corrected chi connectivity index (χ4v) is 3.52. The lowest BCUT2D eigenvalue weighted by Gasteiger charge is -2.37. The topological polar surface area (TPSA) is 85.6 Å². The standard InChI is InChI=1S/C21H20N4O4/c1-23-12-16(19(26)24(2)21(23)28)18-22-17-10-5-4-9-15(17)20(27)25(18)13-7-6-8-14(11-13)29-3/h4-12,18,22H,1-3H3/t18-/m0/s1. The summed E-state index contributed by atoms with van der Waals surface area (Å²) in [5, 5.41) is 3.28. The monoisotopic (exact) mass is 392 g/mol. The molecule has 29 heavy (non-hydrogen) atoms. The Morgan fingerprint density at radius 3 is 2.52 bits per heavy atom. The highest BCUT2D eigenvalue weighted by atomic mass is 16.5. The largest absolute Gasteiger partial charge is 0.497 e. The molecule has 1 atom stereocenters. The Balaban J connectivity index is 1.96. The molecule has 1 aromatic heterocycles. The Bertz CT molecular complexity index is 1230. The summed E-state index contributed by atoms with van der Waals surface area (Å²) in [5.74, 6) is 0.329. The third-order valence-corrected chi connectivity index (χ3v) is 5.03. The van der Waals surface area contributed by atoms with Crippen LogP contribution in [0.3, 0.4) is 0 Å². The van der Waals surface area contributed by atoms with Gasteiger partial charge in [0.15, 0.2) is 0 Å². The molecule has 1 aliphatic heterocycles. The molecular weight excluding hydrogens is 372 g/mol. The van der Waals surface area contributed by atoms with Gasteiger partial charge in [-0.2, -0.15) is 0 Å². The highest BCUT2D eigenvalue weighted by Crippen LogP contribution is 2.36. The number of aryl methyl sites for hydroxylation is 1. The van der Waals surface area contributed by atoms with Crippen LogP contribution in [0.4, 0.5) is 11.4 Å². The second-order valence-corrected chi connectivity index (χ2v) is 6.81. The molecule has 3 aromatic rings. The molecule has 1 aliphatic rings. The molecule has 0 aliphatic carbocycles. The molecule has 4 rings (SSSR count). The van der Waals surface area contributed by atoms with Gasteiger partial charge >= 0.3 is 5.69 Å². The van der Waals surface area contributed by atoms with Crippen molar-refractivity contribution in [2.24, 2.45) is 14.1 Å². The van der Waals surface area contributed by atoms with Gasteiger partial charge in [0.25, 0.3) is 11.5 Å². The summed E-state index contributed by atoms with van der Waals surface area (Å²) in [5.41, 5.74) is 1.06. The normalized spacial score (nSPS) is 15.6. The number of carbonyl (C=O) groups is 1. The van der Waals surface area contributed by atoms with Gasteiger partial charge < -0.3 is 14.6 Å². The first-order valence-corrected chi connectivity index (χ1v) is 9.02. The van der Waals surface area contributed by atoms with Gasteiger partial charge in [-0.05, 0) is 24.3 Å². The smallest absolute Gasteiger partial charge is 0.330 e. The van der Waals surface area contributed by atoms with Crippen molar-refractivity contribution in [3.63, 3.8) is 0 Å². The highest BCUT2D eigenvalue weighted by Gasteiger charge is 2.36. The number of ether oxygens (including phenoxy) is 1. The number of carbonyl (C=O) groups excluding carboxylic acids is 1. The second-order valence-electron chi connectivity index (χ2n) is 6.81. The van der Waals surface area contributed by atoms with Crippen molar-refractivity contribution in [3.05, 3.63) is 86.7 Å². The van der Waals surface area contributed by atoms with Crippen LogP contribution in [0.5, 0.6) is 5.75 Å². The summed E-state index contributed by atoms with van der Waals surface area (Å²) in [6.45, 7) is 0. The van der Waals surface area contributed by atoms with Gasteiger partial charge in [0.1, 0.15) is 11.9 Å². The van der Waals surface area contributed by atoms with Crippen molar-refractivity contribution in [2.75, 3.05) is 17.3 Å². The quantitative estimate of drug-likeness (QED) is 0.735. The van der Waals surface area contributed by atoms with E-state index in [1.807, 2.05) is 6.07 Å². The number of nitrogens with zero attached hydrogens (tertiary/aromatic N) is 3. The van der Waals surface area contributed by atoms with Crippen LogP contribution in [0, 0.1) is 0 Å². The van der Waals surface area contributed by atoms with Gasteiger partial charge in [-0.3, -0.25) is 19.1 Å². The predicted molar refractivity (Wildman–Crippen MR) is 110 cm³/mol. The SMILES string of the molecule is COc1cccc(N2C(=O)c3ccccc3N[C@@H]2c2cn(C)c(=O)n(C)c2=O)c1. The molecule has 0 saturated carbocycles. The average Bonchev–Trinajstić information content (AvgIpc) is 2.74. The number of amides is 1. The van der Waals surface area contributed by atoms with Crippen molar-refractivity contribution in [1.29, 1.82) is 0 Å². The van der Waals surface area contributed by atoms with Crippen LogP contribution in [0.2, 0.25) is 0 Å². The van der Waals surface area contributed by atoms with Crippen molar-refractivity contribution in [1.82, 2.24) is 9.13 Å². The number of anilines is 2. The summed E-state index contributed by atoms with van der Waals surface area (Å²) in [4.78, 5) is 40.0. The molecule has 2 aromatic carbocycles. The number of benzene rings is 2. The minimum absolute atomic E-state index is 0.256. The van der Waals surface area contributed by atoms with Crippen LogP contribution in [0.15, 0.2) is 64.3 Å². The fourth-order valence-electron chi connectivity index (χ4n) is 3.52. The predicted octanol–water partition coefficient (Wildman–Crippen LogP) is 1.86. The molecular formula is C21H20N4O4. The number of para-hydroxylation sites is 1. The first-order chi connectivity index (χ1) is 13.9. The van der Waals surface area contributed by atoms with Gasteiger partial charge in [0.05, 0.1) is 23.9 Å². The van der Waals surface area contributed by atoms with E-state index in [-0.39, 0.29) is 11.5 Å². The Kier molecular flexibility index (Phi) is 4.46. The van der Waals surface area contributed by atoms with E-state index in [0.717, 1.165) is 4.57 Å². The van der Waals surface area contributed by atoms with Gasteiger partial charge in [0.2, 0.25) is 0 Å². The van der Waals surface area contributed by atoms with Crippen LogP contribution in [0.25, 0.3) is 0 Å². The van der Waals surface area contributed by atoms with Crippen LogP contribution < -0.4 is 26.2 Å². The molecule has 0 bridgehead atoms. The molecule has 1 amide bonds. The number of methoxy groups -OCH3 is 1. The summed E-state index contributed by atoms with van der Waals surface area (Å²) in [6.07, 6.45) is 0.673. The summed E-state index contributed by atoms with van der Waals surface area (Å²) in [7, 11) is 4.54. The van der Waals surface area contributed by atoms with Gasteiger partial charge in [-0.15, -0.1) is 0 Å². The molecule has 148 valence electrons. The zero-order valence-corrected chi connectivity index (χ0v) is 16.2. The number of hydrogen-bond donors (Lipinski definition) is 1. The summed E-state index contributed by atoms with van der Waals surface area (Å²) < 4.78 is 7.66. The molecule has 0 fully saturated rings. The Morgan fingerprint density at radius 2 is 1.76 bits per heavy atom. The molecule has 8 nitrogen and oxygen atoms in total. The Morgan fingerprint density at radius 1 is 1.00 bits per heavy atom. The number of nitrogens with one attached hydrogen (secondary N) is 1. The van der Waals surface area contributed by atoms with Crippen molar-refractivity contribution < 1.29 is 9.53 Å². The summed E-state index contributed by atoms with van der Waals surface area (Å²) >= 11 is 0. The molecule has 0 unspecified atom stereocenters. The van der Waals surface area contributed by atoms with Gasteiger partial charge in [-0.25, -0.2) is 4.79 Å². The zero-order valence-electron chi connectivity index (χ0n) is 16.2. The van der Waals surface area contributed by atoms with E-state index in [9.17, 15) is 14.4 Å². The number of rotatable bonds is 3. The van der Waals surface area contributed by atoms with E-state index in [1.165, 1.54) is 22.7 Å². The second kappa shape index (κ2) is 6.97. The van der Waals surface area contributed by atoms with E-state index >= 15 is 0 Å². The first-order valence-electron chi connectivity index (χ1n) is 9.02. The maximum atomic E-state index is 13.4. The minimum atomic E-state index is -0.796. The highest BCUT2D eigenvalue weighted by molar-refractivity contribution is 6.12. The van der Waals surface area contributed by atoms with E-state index < -0.39 is 17.4 Å². The third kappa shape index (κ3) is 2.98. The van der Waals surface area contributed by atoms with Gasteiger partial charge in [-0.1, -0.05) is 18.2 Å². The summed E-state index contributed by atoms with van der Waals surface area (Å²) in [6, 6.07) is 14.2. The molecule has 0 radical (unpaired) electrons. The third-order valence-electron chi connectivity index (χ3n) is 5.03. The average molecular weight is 392 g/mol. The lowest BCUT2D eigenvalue weighted by atomic mass is 10.0. The molecule has 8 heteroatoms. The van der Waals surface area contributed by atoms with E-state index in [0.29, 0.717) is 22.7 Å².